The lowest BCUT2D eigenvalue weighted by molar-refractivity contribution is -0.155. The van der Waals surface area contributed by atoms with Gasteiger partial charge in [0, 0.05) is 0 Å². The van der Waals surface area contributed by atoms with Gasteiger partial charge in [0.2, 0.25) is 0 Å². The SMILES string of the molecule is O=C(O)CC1CC(=O)OC1=O.O=C(O)CC1CC(=O)OC1=O. The van der Waals surface area contributed by atoms with E-state index < -0.39 is 47.7 Å². The van der Waals surface area contributed by atoms with E-state index in [0.717, 1.165) is 0 Å². The molecule has 2 saturated heterocycles. The fourth-order valence-corrected chi connectivity index (χ4v) is 1.78. The first kappa shape index (κ1) is 17.3. The molecule has 0 amide bonds. The first-order chi connectivity index (χ1) is 10.2. The van der Waals surface area contributed by atoms with Gasteiger partial charge in [0.05, 0.1) is 37.5 Å². The predicted octanol–water partition coefficient (Wildman–Crippen LogP) is -0.898. The number of hydrogen-bond acceptors (Lipinski definition) is 8. The minimum atomic E-state index is -1.10. The minimum Gasteiger partial charge on any atom is -0.481 e. The molecule has 0 aromatic rings. The first-order valence-corrected chi connectivity index (χ1v) is 6.11. The zero-order valence-electron chi connectivity index (χ0n) is 11.1. The van der Waals surface area contributed by atoms with Gasteiger partial charge in [0.25, 0.3) is 0 Å². The van der Waals surface area contributed by atoms with Crippen molar-refractivity contribution in [2.45, 2.75) is 25.7 Å². The van der Waals surface area contributed by atoms with Crippen molar-refractivity contribution in [1.82, 2.24) is 0 Å². The van der Waals surface area contributed by atoms with Gasteiger partial charge in [0.1, 0.15) is 0 Å². The summed E-state index contributed by atoms with van der Waals surface area (Å²) in [6.45, 7) is 0. The Kier molecular flexibility index (Phi) is 5.72. The van der Waals surface area contributed by atoms with E-state index in [4.69, 9.17) is 10.2 Å². The molecule has 120 valence electrons. The summed E-state index contributed by atoms with van der Waals surface area (Å²) in [5.74, 6) is -6.47. The fraction of sp³-hybridized carbons (Fsp3) is 0.500. The molecular weight excluding hydrogens is 304 g/mol. The van der Waals surface area contributed by atoms with E-state index in [1.54, 1.807) is 0 Å². The smallest absolute Gasteiger partial charge is 0.317 e. The third-order valence-electron chi connectivity index (χ3n) is 2.76. The summed E-state index contributed by atoms with van der Waals surface area (Å²) in [4.78, 5) is 62.2. The summed E-state index contributed by atoms with van der Waals surface area (Å²) < 4.78 is 8.27. The normalized spacial score (nSPS) is 23.5. The number of carboxylic acid groups (broad SMARTS) is 2. The van der Waals surface area contributed by atoms with Gasteiger partial charge in [-0.1, -0.05) is 0 Å². The van der Waals surface area contributed by atoms with E-state index in [9.17, 15) is 28.8 Å². The van der Waals surface area contributed by atoms with Crippen molar-refractivity contribution in [3.8, 4) is 0 Å². The van der Waals surface area contributed by atoms with Gasteiger partial charge in [-0.2, -0.15) is 0 Å². The minimum absolute atomic E-state index is 0.106. The van der Waals surface area contributed by atoms with Gasteiger partial charge in [-0.15, -0.1) is 0 Å². The number of carbonyl (C=O) groups is 6. The van der Waals surface area contributed by atoms with E-state index in [2.05, 4.69) is 9.47 Å². The average Bonchev–Trinajstić information content (AvgIpc) is 2.81. The maximum atomic E-state index is 10.6. The van der Waals surface area contributed by atoms with Crippen LogP contribution in [0.2, 0.25) is 0 Å². The van der Waals surface area contributed by atoms with E-state index in [-0.39, 0.29) is 25.7 Å². The molecular formula is C12H12O10. The summed E-state index contributed by atoms with van der Waals surface area (Å²) in [6, 6.07) is 0. The molecule has 10 heteroatoms. The second-order valence-corrected chi connectivity index (χ2v) is 4.58. The highest BCUT2D eigenvalue weighted by atomic mass is 16.6. The molecule has 2 heterocycles. The van der Waals surface area contributed by atoms with Crippen LogP contribution in [-0.4, -0.2) is 46.0 Å². The molecule has 0 aliphatic carbocycles. The average molecular weight is 316 g/mol. The molecule has 2 aliphatic rings. The molecule has 10 nitrogen and oxygen atoms in total. The summed E-state index contributed by atoms with van der Waals surface area (Å²) >= 11 is 0. The van der Waals surface area contributed by atoms with Crippen LogP contribution in [0.5, 0.6) is 0 Å². The molecule has 0 bridgehead atoms. The molecule has 2 rings (SSSR count). The molecule has 0 saturated carbocycles. The molecule has 22 heavy (non-hydrogen) atoms. The van der Waals surface area contributed by atoms with Gasteiger partial charge >= 0.3 is 35.8 Å². The Morgan fingerprint density at radius 3 is 1.32 bits per heavy atom. The summed E-state index contributed by atoms with van der Waals surface area (Å²) in [5.41, 5.74) is 0. The van der Waals surface area contributed by atoms with Crippen molar-refractivity contribution >= 4 is 35.8 Å². The zero-order valence-corrected chi connectivity index (χ0v) is 11.1. The second-order valence-electron chi connectivity index (χ2n) is 4.58. The van der Waals surface area contributed by atoms with Crippen molar-refractivity contribution < 1.29 is 48.5 Å². The van der Waals surface area contributed by atoms with Crippen LogP contribution < -0.4 is 0 Å². The van der Waals surface area contributed by atoms with Gasteiger partial charge in [-0.3, -0.25) is 28.8 Å². The highest BCUT2D eigenvalue weighted by Crippen LogP contribution is 2.19. The molecule has 2 aliphatic heterocycles. The van der Waals surface area contributed by atoms with Crippen molar-refractivity contribution in [1.29, 1.82) is 0 Å². The zero-order chi connectivity index (χ0) is 16.9. The number of carboxylic acids is 2. The third-order valence-corrected chi connectivity index (χ3v) is 2.76. The van der Waals surface area contributed by atoms with Crippen LogP contribution in [-0.2, 0) is 38.2 Å². The number of cyclic esters (lactones) is 4. The Hall–Kier alpha value is -2.78. The lowest BCUT2D eigenvalue weighted by Crippen LogP contribution is -2.12. The summed E-state index contributed by atoms with van der Waals surface area (Å²) in [5, 5.41) is 16.5. The molecule has 2 atom stereocenters. The Labute approximate surface area is 123 Å². The van der Waals surface area contributed by atoms with Crippen molar-refractivity contribution in [2.75, 3.05) is 0 Å². The molecule has 0 aromatic heterocycles. The van der Waals surface area contributed by atoms with Crippen LogP contribution in [0.1, 0.15) is 25.7 Å². The summed E-state index contributed by atoms with van der Waals surface area (Å²) in [7, 11) is 0. The standard InChI is InChI=1S/2C6H6O5/c2*7-4(8)1-3-2-5(9)11-6(3)10/h2*3H,1-2H2,(H,7,8). The molecule has 2 unspecified atom stereocenters. The topological polar surface area (TPSA) is 161 Å². The quantitative estimate of drug-likeness (QED) is 0.491. The molecule has 2 fully saturated rings. The highest BCUT2D eigenvalue weighted by molar-refractivity contribution is 5.96. The largest absolute Gasteiger partial charge is 0.481 e. The number of rotatable bonds is 4. The van der Waals surface area contributed by atoms with Crippen LogP contribution in [0.15, 0.2) is 0 Å². The van der Waals surface area contributed by atoms with E-state index in [0.29, 0.717) is 0 Å². The van der Waals surface area contributed by atoms with Gasteiger partial charge < -0.3 is 19.7 Å². The van der Waals surface area contributed by atoms with Crippen LogP contribution in [0.4, 0.5) is 0 Å². The lowest BCUT2D eigenvalue weighted by atomic mass is 10.0. The maximum absolute atomic E-state index is 10.6. The van der Waals surface area contributed by atoms with E-state index in [1.807, 2.05) is 0 Å². The van der Waals surface area contributed by atoms with Crippen LogP contribution in [0, 0.1) is 11.8 Å². The van der Waals surface area contributed by atoms with E-state index >= 15 is 0 Å². The number of aliphatic carboxylic acids is 2. The number of ether oxygens (including phenoxy) is 2. The van der Waals surface area contributed by atoms with Gasteiger partial charge in [-0.25, -0.2) is 0 Å². The third kappa shape index (κ3) is 5.31. The second kappa shape index (κ2) is 7.29. The lowest BCUT2D eigenvalue weighted by Gasteiger charge is -1.96. The van der Waals surface area contributed by atoms with Crippen LogP contribution in [0.3, 0.4) is 0 Å². The molecule has 0 radical (unpaired) electrons. The van der Waals surface area contributed by atoms with Crippen molar-refractivity contribution in [3.05, 3.63) is 0 Å². The predicted molar refractivity (Wildman–Crippen MR) is 62.9 cm³/mol. The Balaban J connectivity index is 0.000000220. The van der Waals surface area contributed by atoms with Crippen molar-refractivity contribution in [2.24, 2.45) is 11.8 Å². The molecule has 0 spiro atoms. The Morgan fingerprint density at radius 2 is 1.14 bits per heavy atom. The van der Waals surface area contributed by atoms with Crippen LogP contribution >= 0.6 is 0 Å². The number of esters is 4. The Morgan fingerprint density at radius 1 is 0.818 bits per heavy atom. The molecule has 0 aromatic carbocycles. The number of carbonyl (C=O) groups excluding carboxylic acids is 4. The maximum Gasteiger partial charge on any atom is 0.317 e. The number of hydrogen-bond donors (Lipinski definition) is 2. The highest BCUT2D eigenvalue weighted by Gasteiger charge is 2.35. The van der Waals surface area contributed by atoms with Gasteiger partial charge in [-0.05, 0) is 0 Å². The molecule has 2 N–H and O–H groups in total. The van der Waals surface area contributed by atoms with Gasteiger partial charge in [0.15, 0.2) is 0 Å². The van der Waals surface area contributed by atoms with Crippen molar-refractivity contribution in [3.63, 3.8) is 0 Å². The first-order valence-electron chi connectivity index (χ1n) is 6.11. The van der Waals surface area contributed by atoms with Crippen LogP contribution in [0.25, 0.3) is 0 Å². The fourth-order valence-electron chi connectivity index (χ4n) is 1.78. The summed E-state index contributed by atoms with van der Waals surface area (Å²) in [6.07, 6.45) is -0.870. The van der Waals surface area contributed by atoms with E-state index in [1.165, 1.54) is 0 Å². The monoisotopic (exact) mass is 316 g/mol. The Bertz CT molecular complexity index is 486.